The lowest BCUT2D eigenvalue weighted by molar-refractivity contribution is 0.0921. The Morgan fingerprint density at radius 2 is 2.16 bits per heavy atom. The fraction of sp³-hybridized carbons (Fsp3) is 0.500. The number of pyridine rings is 2. The highest BCUT2D eigenvalue weighted by atomic mass is 16.5. The van der Waals surface area contributed by atoms with Crippen LogP contribution < -0.4 is 4.74 Å². The summed E-state index contributed by atoms with van der Waals surface area (Å²) in [5.41, 5.74) is 2.23. The fourth-order valence-corrected chi connectivity index (χ4v) is 3.97. The van der Waals surface area contributed by atoms with Crippen molar-refractivity contribution < 1.29 is 9.47 Å². The van der Waals surface area contributed by atoms with Crippen LogP contribution in [0, 0.1) is 18.8 Å². The third-order valence-electron chi connectivity index (χ3n) is 5.22. The lowest BCUT2D eigenvalue weighted by Gasteiger charge is -2.19. The second-order valence-corrected chi connectivity index (χ2v) is 7.07. The summed E-state index contributed by atoms with van der Waals surface area (Å²) in [6, 6.07) is 12.0. The summed E-state index contributed by atoms with van der Waals surface area (Å²) in [5.74, 6) is 1.89. The molecule has 0 aromatic carbocycles. The zero-order valence-corrected chi connectivity index (χ0v) is 14.7. The molecule has 5 nitrogen and oxygen atoms in total. The summed E-state index contributed by atoms with van der Waals surface area (Å²) in [5, 5.41) is 0. The Morgan fingerprint density at radius 1 is 1.20 bits per heavy atom. The van der Waals surface area contributed by atoms with Crippen LogP contribution in [-0.4, -0.2) is 47.3 Å². The minimum atomic E-state index is 0.365. The van der Waals surface area contributed by atoms with Gasteiger partial charge in [-0.15, -0.1) is 0 Å². The molecule has 2 aliphatic heterocycles. The van der Waals surface area contributed by atoms with Gasteiger partial charge in [0.15, 0.2) is 0 Å². The zero-order valence-electron chi connectivity index (χ0n) is 14.7. The number of ether oxygens (including phenoxy) is 2. The van der Waals surface area contributed by atoms with Gasteiger partial charge in [-0.1, -0.05) is 12.1 Å². The van der Waals surface area contributed by atoms with Crippen molar-refractivity contribution in [1.29, 1.82) is 0 Å². The predicted octanol–water partition coefficient (Wildman–Crippen LogP) is 2.70. The molecular weight excluding hydrogens is 314 g/mol. The second kappa shape index (κ2) is 7.50. The normalized spacial score (nSPS) is 25.9. The van der Waals surface area contributed by atoms with E-state index < -0.39 is 0 Å². The summed E-state index contributed by atoms with van der Waals surface area (Å²) in [6.45, 7) is 6.62. The second-order valence-electron chi connectivity index (χ2n) is 7.07. The predicted molar refractivity (Wildman–Crippen MR) is 95.3 cm³/mol. The van der Waals surface area contributed by atoms with Crippen LogP contribution in [0.4, 0.5) is 0 Å². The molecule has 4 heterocycles. The molecule has 0 unspecified atom stereocenters. The summed E-state index contributed by atoms with van der Waals surface area (Å²) in [4.78, 5) is 11.3. The number of nitrogens with zero attached hydrogens (tertiary/aromatic N) is 3. The molecule has 0 radical (unpaired) electrons. The van der Waals surface area contributed by atoms with E-state index in [1.807, 2.05) is 31.2 Å². The summed E-state index contributed by atoms with van der Waals surface area (Å²) in [7, 11) is 0. The number of hydrogen-bond donors (Lipinski definition) is 0. The molecule has 5 heteroatoms. The Bertz CT molecular complexity index is 694. The van der Waals surface area contributed by atoms with E-state index in [1.165, 1.54) is 0 Å². The van der Waals surface area contributed by atoms with Crippen molar-refractivity contribution in [3.8, 4) is 5.88 Å². The molecule has 2 aromatic rings. The molecule has 0 spiro atoms. The molecule has 2 aromatic heterocycles. The summed E-state index contributed by atoms with van der Waals surface area (Å²) in [6.07, 6.45) is 3.15. The number of likely N-dealkylation sites (tertiary alicyclic amines) is 1. The Morgan fingerprint density at radius 3 is 3.00 bits per heavy atom. The average Bonchev–Trinajstić information content (AvgIpc) is 3.17. The van der Waals surface area contributed by atoms with Gasteiger partial charge in [0.05, 0.1) is 25.0 Å². The first-order chi connectivity index (χ1) is 12.3. The third-order valence-corrected chi connectivity index (χ3v) is 5.22. The van der Waals surface area contributed by atoms with Crippen LogP contribution in [0.5, 0.6) is 5.88 Å². The molecule has 0 N–H and O–H groups in total. The Kier molecular flexibility index (Phi) is 4.95. The lowest BCUT2D eigenvalue weighted by atomic mass is 9.91. The van der Waals surface area contributed by atoms with Gasteiger partial charge in [-0.3, -0.25) is 9.88 Å². The van der Waals surface area contributed by atoms with Crippen LogP contribution in [-0.2, 0) is 11.3 Å². The Hall–Kier alpha value is -1.98. The SMILES string of the molecule is Cc1cccc(CN2C[C@H]3[C@@H](CCOc4ccccn4)CO[C@H]3C2)n1. The zero-order chi connectivity index (χ0) is 17.1. The van der Waals surface area contributed by atoms with Gasteiger partial charge in [0.2, 0.25) is 5.88 Å². The van der Waals surface area contributed by atoms with Crippen molar-refractivity contribution in [3.05, 3.63) is 54.0 Å². The van der Waals surface area contributed by atoms with Gasteiger partial charge < -0.3 is 9.47 Å². The third kappa shape index (κ3) is 3.99. The van der Waals surface area contributed by atoms with Crippen LogP contribution in [0.25, 0.3) is 0 Å². The van der Waals surface area contributed by atoms with E-state index in [0.29, 0.717) is 30.4 Å². The molecule has 2 fully saturated rings. The highest BCUT2D eigenvalue weighted by molar-refractivity contribution is 5.11. The molecule has 4 rings (SSSR count). The fourth-order valence-electron chi connectivity index (χ4n) is 3.97. The molecule has 0 saturated carbocycles. The van der Waals surface area contributed by atoms with E-state index in [2.05, 4.69) is 27.0 Å². The smallest absolute Gasteiger partial charge is 0.213 e. The monoisotopic (exact) mass is 339 g/mol. The molecule has 132 valence electrons. The van der Waals surface area contributed by atoms with Gasteiger partial charge >= 0.3 is 0 Å². The lowest BCUT2D eigenvalue weighted by Crippen LogP contribution is -2.25. The van der Waals surface area contributed by atoms with Crippen LogP contribution in [0.15, 0.2) is 42.6 Å². The van der Waals surface area contributed by atoms with Crippen molar-refractivity contribution >= 4 is 0 Å². The molecule has 2 aliphatic rings. The van der Waals surface area contributed by atoms with Crippen LogP contribution >= 0.6 is 0 Å². The maximum absolute atomic E-state index is 6.05. The van der Waals surface area contributed by atoms with Gasteiger partial charge in [0.1, 0.15) is 0 Å². The van der Waals surface area contributed by atoms with Crippen molar-refractivity contribution in [2.24, 2.45) is 11.8 Å². The Balaban J connectivity index is 1.28. The molecule has 0 bridgehead atoms. The highest BCUT2D eigenvalue weighted by Gasteiger charge is 2.43. The molecule has 2 saturated heterocycles. The van der Waals surface area contributed by atoms with Crippen LogP contribution in [0.2, 0.25) is 0 Å². The van der Waals surface area contributed by atoms with Gasteiger partial charge in [-0.25, -0.2) is 4.98 Å². The summed E-state index contributed by atoms with van der Waals surface area (Å²) >= 11 is 0. The van der Waals surface area contributed by atoms with E-state index in [-0.39, 0.29) is 0 Å². The number of hydrogen-bond acceptors (Lipinski definition) is 5. The van der Waals surface area contributed by atoms with Crippen LogP contribution in [0.3, 0.4) is 0 Å². The topological polar surface area (TPSA) is 47.5 Å². The number of aromatic nitrogens is 2. The molecule has 0 amide bonds. The minimum Gasteiger partial charge on any atom is -0.478 e. The molecule has 0 aliphatic carbocycles. The van der Waals surface area contributed by atoms with Gasteiger partial charge in [-0.05, 0) is 37.5 Å². The Labute approximate surface area is 149 Å². The van der Waals surface area contributed by atoms with E-state index in [4.69, 9.17) is 9.47 Å². The van der Waals surface area contributed by atoms with E-state index in [1.54, 1.807) is 6.20 Å². The van der Waals surface area contributed by atoms with Gasteiger partial charge in [0, 0.05) is 43.5 Å². The first-order valence-electron chi connectivity index (χ1n) is 9.08. The molecular formula is C20H25N3O2. The summed E-state index contributed by atoms with van der Waals surface area (Å²) < 4.78 is 11.8. The van der Waals surface area contributed by atoms with Gasteiger partial charge in [0.25, 0.3) is 0 Å². The minimum absolute atomic E-state index is 0.365. The van der Waals surface area contributed by atoms with E-state index in [0.717, 1.165) is 44.0 Å². The number of fused-ring (bicyclic) bond motifs is 1. The van der Waals surface area contributed by atoms with Crippen LogP contribution in [0.1, 0.15) is 17.8 Å². The standard InChI is InChI=1S/C20H25N3O2/c1-15-5-4-6-17(22-15)11-23-12-18-16(14-25-19(18)13-23)8-10-24-20-7-2-3-9-21-20/h2-7,9,16,18-19H,8,10-14H2,1H3/t16-,18-,19-/m0/s1. The number of aryl methyl sites for hydroxylation is 1. The van der Waals surface area contributed by atoms with Crippen molar-refractivity contribution in [2.75, 3.05) is 26.3 Å². The van der Waals surface area contributed by atoms with Gasteiger partial charge in [-0.2, -0.15) is 0 Å². The molecule has 25 heavy (non-hydrogen) atoms. The maximum atomic E-state index is 6.05. The van der Waals surface area contributed by atoms with Crippen molar-refractivity contribution in [2.45, 2.75) is 26.0 Å². The maximum Gasteiger partial charge on any atom is 0.213 e. The van der Waals surface area contributed by atoms with Crippen molar-refractivity contribution in [1.82, 2.24) is 14.9 Å². The average molecular weight is 339 g/mol. The number of rotatable bonds is 6. The van der Waals surface area contributed by atoms with Crippen molar-refractivity contribution in [3.63, 3.8) is 0 Å². The molecule has 3 atom stereocenters. The first-order valence-corrected chi connectivity index (χ1v) is 9.08. The first kappa shape index (κ1) is 16.5. The largest absolute Gasteiger partial charge is 0.478 e. The highest BCUT2D eigenvalue weighted by Crippen LogP contribution is 2.36. The van der Waals surface area contributed by atoms with E-state index in [9.17, 15) is 0 Å². The van der Waals surface area contributed by atoms with E-state index >= 15 is 0 Å². The quantitative estimate of drug-likeness (QED) is 0.810.